The summed E-state index contributed by atoms with van der Waals surface area (Å²) in [5.41, 5.74) is 4.25. The van der Waals surface area contributed by atoms with Crippen molar-refractivity contribution in [1.29, 1.82) is 10.5 Å². The molecule has 0 atom stereocenters. The molecule has 1 aromatic carbocycles. The maximum atomic E-state index is 12.5. The third-order valence-corrected chi connectivity index (χ3v) is 3.09. The molecule has 0 amide bonds. The lowest BCUT2D eigenvalue weighted by atomic mass is 9.95. The van der Waals surface area contributed by atoms with Crippen LogP contribution in [0.1, 0.15) is 16.7 Å². The molecular weight excluding hydrogens is 309 g/mol. The smallest absolute Gasteiger partial charge is 0.384 e. The molecule has 3 N–H and O–H groups in total. The number of aromatic nitrogens is 1. The molecule has 0 bridgehead atoms. The van der Waals surface area contributed by atoms with Gasteiger partial charge in [-0.3, -0.25) is 4.79 Å². The number of rotatable bonds is 2. The van der Waals surface area contributed by atoms with E-state index in [4.69, 9.17) is 11.0 Å². The van der Waals surface area contributed by atoms with E-state index in [1.54, 1.807) is 12.1 Å². The molecule has 0 aliphatic carbocycles. The van der Waals surface area contributed by atoms with E-state index in [-0.39, 0.29) is 33.6 Å². The Morgan fingerprint density at radius 2 is 1.83 bits per heavy atom. The summed E-state index contributed by atoms with van der Waals surface area (Å²) < 4.78 is 37.5. The van der Waals surface area contributed by atoms with Crippen LogP contribution >= 0.6 is 0 Å². The number of pyridine rings is 1. The number of nitrogens with two attached hydrogens (primary N) is 1. The molecule has 2 aromatic rings. The Labute approximate surface area is 128 Å². The molecule has 1 aromatic heterocycles. The molecule has 116 valence electrons. The summed E-state index contributed by atoms with van der Waals surface area (Å²) in [6.07, 6.45) is -5.56. The van der Waals surface area contributed by atoms with Crippen LogP contribution in [0, 0.1) is 22.7 Å². The van der Waals surface area contributed by atoms with Crippen LogP contribution in [0.25, 0.3) is 11.1 Å². The normalized spacial score (nSPS) is 10.8. The highest BCUT2D eigenvalue weighted by molar-refractivity contribution is 5.80. The lowest BCUT2D eigenvalue weighted by Crippen LogP contribution is -2.16. The van der Waals surface area contributed by atoms with Gasteiger partial charge in [-0.2, -0.15) is 23.7 Å². The summed E-state index contributed by atoms with van der Waals surface area (Å²) in [6, 6.07) is 8.65. The predicted molar refractivity (Wildman–Crippen MR) is 76.1 cm³/mol. The monoisotopic (exact) mass is 318 g/mol. The zero-order valence-corrected chi connectivity index (χ0v) is 11.5. The summed E-state index contributed by atoms with van der Waals surface area (Å²) in [5, 5.41) is 18.3. The molecule has 0 unspecified atom stereocenters. The average Bonchev–Trinajstić information content (AvgIpc) is 2.45. The molecule has 5 nitrogen and oxygen atoms in total. The van der Waals surface area contributed by atoms with Crippen molar-refractivity contribution in [2.75, 3.05) is 5.73 Å². The summed E-state index contributed by atoms with van der Waals surface area (Å²) >= 11 is 0. The van der Waals surface area contributed by atoms with E-state index in [0.29, 0.717) is 0 Å². The molecule has 1 heterocycles. The zero-order valence-electron chi connectivity index (χ0n) is 11.5. The molecule has 0 aliphatic rings. The van der Waals surface area contributed by atoms with Crippen LogP contribution in [-0.2, 0) is 6.42 Å². The van der Waals surface area contributed by atoms with Crippen LogP contribution in [0.3, 0.4) is 0 Å². The van der Waals surface area contributed by atoms with Gasteiger partial charge in [-0.1, -0.05) is 24.3 Å². The maximum absolute atomic E-state index is 12.5. The van der Waals surface area contributed by atoms with Crippen LogP contribution in [0.4, 0.5) is 19.0 Å². The largest absolute Gasteiger partial charge is 0.393 e. The number of nitrogens with one attached hydrogen (secondary N) is 1. The van der Waals surface area contributed by atoms with Gasteiger partial charge in [0.15, 0.2) is 0 Å². The quantitative estimate of drug-likeness (QED) is 0.887. The van der Waals surface area contributed by atoms with Crippen LogP contribution in [0.5, 0.6) is 0 Å². The van der Waals surface area contributed by atoms with Gasteiger partial charge in [0.2, 0.25) is 0 Å². The number of halogens is 3. The van der Waals surface area contributed by atoms with Crippen molar-refractivity contribution in [3.8, 4) is 23.3 Å². The Morgan fingerprint density at radius 3 is 2.39 bits per heavy atom. The number of H-pyrrole nitrogens is 1. The first kappa shape index (κ1) is 16.1. The van der Waals surface area contributed by atoms with Gasteiger partial charge in [-0.25, -0.2) is 0 Å². The van der Waals surface area contributed by atoms with E-state index in [1.807, 2.05) is 0 Å². The SMILES string of the molecule is N#Cc1c(N)[nH]c(=O)c(C#N)c1-c1cccc(CC(F)(F)F)c1. The molecule has 23 heavy (non-hydrogen) atoms. The van der Waals surface area contributed by atoms with Crippen molar-refractivity contribution in [3.63, 3.8) is 0 Å². The van der Waals surface area contributed by atoms with Gasteiger partial charge in [0.1, 0.15) is 29.1 Å². The third kappa shape index (κ3) is 3.33. The number of alkyl halides is 3. The van der Waals surface area contributed by atoms with Crippen molar-refractivity contribution < 1.29 is 13.2 Å². The van der Waals surface area contributed by atoms with Gasteiger partial charge in [0, 0.05) is 5.56 Å². The highest BCUT2D eigenvalue weighted by atomic mass is 19.4. The number of anilines is 1. The zero-order chi connectivity index (χ0) is 17.2. The first-order valence-electron chi connectivity index (χ1n) is 6.29. The van der Waals surface area contributed by atoms with Gasteiger partial charge >= 0.3 is 6.18 Å². The molecule has 0 spiro atoms. The molecule has 0 saturated carbocycles. The first-order valence-corrected chi connectivity index (χ1v) is 6.29. The number of nitrogen functional groups attached to an aromatic ring is 1. The minimum atomic E-state index is -4.40. The molecule has 0 fully saturated rings. The predicted octanol–water partition coefficient (Wildman–Crippen LogP) is 2.47. The molecule has 8 heteroatoms. The number of benzene rings is 1. The van der Waals surface area contributed by atoms with E-state index in [2.05, 4.69) is 4.98 Å². The van der Waals surface area contributed by atoms with Crippen molar-refractivity contribution in [2.24, 2.45) is 0 Å². The Hall–Kier alpha value is -3.26. The Morgan fingerprint density at radius 1 is 1.17 bits per heavy atom. The molecule has 0 saturated heterocycles. The summed E-state index contributed by atoms with van der Waals surface area (Å²) in [5.74, 6) is -0.243. The van der Waals surface area contributed by atoms with Crippen molar-refractivity contribution >= 4 is 5.82 Å². The van der Waals surface area contributed by atoms with Crippen LogP contribution in [0.15, 0.2) is 29.1 Å². The van der Waals surface area contributed by atoms with Crippen molar-refractivity contribution in [1.82, 2.24) is 4.98 Å². The topological polar surface area (TPSA) is 106 Å². The minimum absolute atomic E-state index is 0.0540. The number of nitriles is 2. The fourth-order valence-electron chi connectivity index (χ4n) is 2.20. The van der Waals surface area contributed by atoms with Crippen LogP contribution in [-0.4, -0.2) is 11.2 Å². The molecule has 0 aliphatic heterocycles. The molecule has 2 rings (SSSR count). The Balaban J connectivity index is 2.73. The van der Waals surface area contributed by atoms with Gasteiger partial charge in [0.05, 0.1) is 6.42 Å². The minimum Gasteiger partial charge on any atom is -0.384 e. The second kappa shape index (κ2) is 5.85. The van der Waals surface area contributed by atoms with E-state index in [9.17, 15) is 23.2 Å². The number of hydrogen-bond donors (Lipinski definition) is 2. The van der Waals surface area contributed by atoms with E-state index >= 15 is 0 Å². The first-order chi connectivity index (χ1) is 10.8. The lowest BCUT2D eigenvalue weighted by Gasteiger charge is -2.11. The number of nitrogens with zero attached hydrogens (tertiary/aromatic N) is 2. The molecular formula is C15H9F3N4O. The second-order valence-electron chi connectivity index (χ2n) is 4.71. The number of hydrogen-bond acceptors (Lipinski definition) is 4. The Bertz CT molecular complexity index is 901. The highest BCUT2D eigenvalue weighted by Crippen LogP contribution is 2.30. The summed E-state index contributed by atoms with van der Waals surface area (Å²) in [4.78, 5) is 14.0. The van der Waals surface area contributed by atoms with E-state index in [0.717, 1.165) is 0 Å². The third-order valence-electron chi connectivity index (χ3n) is 3.09. The molecule has 0 radical (unpaired) electrons. The Kier molecular flexibility index (Phi) is 4.10. The van der Waals surface area contributed by atoms with Crippen LogP contribution in [0.2, 0.25) is 0 Å². The van der Waals surface area contributed by atoms with Crippen molar-refractivity contribution in [2.45, 2.75) is 12.6 Å². The fourth-order valence-corrected chi connectivity index (χ4v) is 2.20. The van der Waals surface area contributed by atoms with Gasteiger partial charge in [0.25, 0.3) is 5.56 Å². The van der Waals surface area contributed by atoms with Gasteiger partial charge < -0.3 is 10.7 Å². The second-order valence-corrected chi connectivity index (χ2v) is 4.71. The lowest BCUT2D eigenvalue weighted by molar-refractivity contribution is -0.127. The van der Waals surface area contributed by atoms with Crippen molar-refractivity contribution in [3.05, 3.63) is 51.3 Å². The van der Waals surface area contributed by atoms with E-state index < -0.39 is 18.2 Å². The standard InChI is InChI=1S/C15H9F3N4O/c16-15(17,18)5-8-2-1-3-9(4-8)12-10(6-19)13(21)22-14(23)11(12)7-20/h1-4H,5H2,(H3,21,22,23). The summed E-state index contributed by atoms with van der Waals surface area (Å²) in [7, 11) is 0. The maximum Gasteiger partial charge on any atom is 0.393 e. The number of aromatic amines is 1. The van der Waals surface area contributed by atoms with E-state index in [1.165, 1.54) is 24.3 Å². The average molecular weight is 318 g/mol. The summed E-state index contributed by atoms with van der Waals surface area (Å²) in [6.45, 7) is 0. The fraction of sp³-hybridized carbons (Fsp3) is 0.133. The van der Waals surface area contributed by atoms with Crippen LogP contribution < -0.4 is 11.3 Å². The van der Waals surface area contributed by atoms with Gasteiger partial charge in [-0.05, 0) is 11.1 Å². The van der Waals surface area contributed by atoms with Gasteiger partial charge in [-0.15, -0.1) is 0 Å². The highest BCUT2D eigenvalue weighted by Gasteiger charge is 2.28.